The lowest BCUT2D eigenvalue weighted by molar-refractivity contribution is 0.0174. The smallest absolute Gasteiger partial charge is 0.271 e. The van der Waals surface area contributed by atoms with Crippen LogP contribution in [0.1, 0.15) is 42.8 Å². The fourth-order valence-corrected chi connectivity index (χ4v) is 3.10. The Morgan fingerprint density at radius 3 is 2.72 bits per heavy atom. The van der Waals surface area contributed by atoms with E-state index in [4.69, 9.17) is 5.26 Å². The summed E-state index contributed by atoms with van der Waals surface area (Å²) >= 11 is 0. The molecule has 1 aromatic carbocycles. The molecule has 0 bridgehead atoms. The Morgan fingerprint density at radius 2 is 2.12 bits per heavy atom. The molecule has 0 fully saturated rings. The molecule has 1 aliphatic rings. The molecule has 7 heteroatoms. The van der Waals surface area contributed by atoms with E-state index in [9.17, 15) is 13.6 Å². The summed E-state index contributed by atoms with van der Waals surface area (Å²) < 4.78 is 29.7. The lowest BCUT2D eigenvalue weighted by atomic mass is 10.0. The summed E-state index contributed by atoms with van der Waals surface area (Å²) in [6, 6.07) is 7.85. The summed E-state index contributed by atoms with van der Waals surface area (Å²) in [5.74, 6) is -2.20. The fourth-order valence-electron chi connectivity index (χ4n) is 3.10. The topological polar surface area (TPSA) is 63.6 Å². The first kappa shape index (κ1) is 17.1. The van der Waals surface area contributed by atoms with E-state index >= 15 is 0 Å². The van der Waals surface area contributed by atoms with Gasteiger partial charge in [0, 0.05) is 30.9 Å². The number of alkyl halides is 2. The molecule has 1 aromatic heterocycles. The van der Waals surface area contributed by atoms with Crippen LogP contribution in [0.5, 0.6) is 0 Å². The van der Waals surface area contributed by atoms with Crippen LogP contribution in [0.4, 0.5) is 8.78 Å². The van der Waals surface area contributed by atoms with Gasteiger partial charge in [0.25, 0.3) is 5.92 Å². The summed E-state index contributed by atoms with van der Waals surface area (Å²) in [7, 11) is 0. The average molecular weight is 344 g/mol. The molecular formula is C18H18F2N4O. The van der Waals surface area contributed by atoms with Gasteiger partial charge in [0.05, 0.1) is 18.7 Å². The van der Waals surface area contributed by atoms with E-state index in [-0.39, 0.29) is 17.3 Å². The van der Waals surface area contributed by atoms with Crippen LogP contribution in [0.25, 0.3) is 0 Å². The molecule has 0 saturated carbocycles. The van der Waals surface area contributed by atoms with Crippen molar-refractivity contribution in [1.82, 2.24) is 14.3 Å². The maximum atomic E-state index is 13.4. The largest absolute Gasteiger partial charge is 0.346 e. The number of hydrogen-bond donors (Lipinski definition) is 0. The van der Waals surface area contributed by atoms with Crippen molar-refractivity contribution in [3.63, 3.8) is 0 Å². The van der Waals surface area contributed by atoms with Gasteiger partial charge in [0.1, 0.15) is 5.82 Å². The Morgan fingerprint density at radius 1 is 1.44 bits per heavy atom. The summed E-state index contributed by atoms with van der Waals surface area (Å²) in [5.41, 5.74) is 0.920. The number of halogens is 2. The summed E-state index contributed by atoms with van der Waals surface area (Å²) in [5, 5.41) is 13.1. The Hall–Kier alpha value is -2.75. The van der Waals surface area contributed by atoms with Gasteiger partial charge in [0.2, 0.25) is 0 Å². The van der Waals surface area contributed by atoms with Gasteiger partial charge in [-0.2, -0.15) is 10.4 Å². The molecule has 2 aromatic rings. The molecule has 1 unspecified atom stereocenters. The van der Waals surface area contributed by atoms with Crippen LogP contribution in [0.3, 0.4) is 0 Å². The third-order valence-corrected chi connectivity index (χ3v) is 4.48. The second-order valence-corrected chi connectivity index (χ2v) is 6.32. The van der Waals surface area contributed by atoms with E-state index in [1.807, 2.05) is 6.07 Å². The Labute approximate surface area is 143 Å². The highest BCUT2D eigenvalue weighted by molar-refractivity contribution is 5.29. The molecule has 1 aliphatic heterocycles. The molecule has 0 N–H and O–H groups in total. The van der Waals surface area contributed by atoms with Gasteiger partial charge in [-0.05, 0) is 12.0 Å². The maximum Gasteiger partial charge on any atom is 0.346 e. The van der Waals surface area contributed by atoms with E-state index in [0.717, 1.165) is 12.5 Å². The zero-order valence-electron chi connectivity index (χ0n) is 13.9. The minimum Gasteiger partial charge on any atom is -0.271 e. The predicted octanol–water partition coefficient (Wildman–Crippen LogP) is 3.16. The summed E-state index contributed by atoms with van der Waals surface area (Å²) in [6.45, 7) is 4.76. The van der Waals surface area contributed by atoms with E-state index in [1.54, 1.807) is 16.7 Å². The molecule has 0 amide bonds. The molecule has 1 atom stereocenters. The van der Waals surface area contributed by atoms with Crippen molar-refractivity contribution in [2.45, 2.75) is 44.7 Å². The molecule has 5 nitrogen and oxygen atoms in total. The zero-order valence-corrected chi connectivity index (χ0v) is 13.9. The molecule has 25 heavy (non-hydrogen) atoms. The molecule has 2 heterocycles. The fraction of sp³-hybridized carbons (Fsp3) is 0.389. The van der Waals surface area contributed by atoms with Crippen molar-refractivity contribution >= 4 is 0 Å². The van der Waals surface area contributed by atoms with Crippen molar-refractivity contribution in [2.75, 3.05) is 0 Å². The van der Waals surface area contributed by atoms with Crippen LogP contribution in [0, 0.1) is 11.3 Å². The first-order chi connectivity index (χ1) is 11.8. The molecule has 0 radical (unpaired) electrons. The normalized spacial score (nSPS) is 16.5. The Balaban J connectivity index is 1.87. The second kappa shape index (κ2) is 6.28. The van der Waals surface area contributed by atoms with Gasteiger partial charge in [-0.1, -0.05) is 30.8 Å². The number of hydrogen-bond acceptors (Lipinski definition) is 3. The SMILES string of the molecule is C=C(C#N)CCn1nc2n(c1=O)C(c1ccc(C(C)(F)F)cc1)CC2. The lowest BCUT2D eigenvalue weighted by Crippen LogP contribution is -2.27. The van der Waals surface area contributed by atoms with Crippen LogP contribution in [0.2, 0.25) is 0 Å². The number of aromatic nitrogens is 3. The van der Waals surface area contributed by atoms with Gasteiger partial charge in [-0.25, -0.2) is 18.3 Å². The number of nitrogens with zero attached hydrogens (tertiary/aromatic N) is 4. The van der Waals surface area contributed by atoms with Crippen LogP contribution in [-0.2, 0) is 18.9 Å². The highest BCUT2D eigenvalue weighted by atomic mass is 19.3. The highest BCUT2D eigenvalue weighted by Gasteiger charge is 2.30. The van der Waals surface area contributed by atoms with Crippen LogP contribution >= 0.6 is 0 Å². The first-order valence-corrected chi connectivity index (χ1v) is 8.05. The van der Waals surface area contributed by atoms with Gasteiger partial charge in [0.15, 0.2) is 0 Å². The van der Waals surface area contributed by atoms with Crippen molar-refractivity contribution in [3.05, 3.63) is 63.9 Å². The first-order valence-electron chi connectivity index (χ1n) is 8.05. The van der Waals surface area contributed by atoms with Crippen LogP contribution < -0.4 is 5.69 Å². The average Bonchev–Trinajstić information content (AvgIpc) is 3.12. The van der Waals surface area contributed by atoms with Crippen molar-refractivity contribution < 1.29 is 8.78 Å². The Kier molecular flexibility index (Phi) is 4.29. The number of nitriles is 1. The quantitative estimate of drug-likeness (QED) is 0.783. The number of fused-ring (bicyclic) bond motifs is 1. The minimum atomic E-state index is -2.88. The van der Waals surface area contributed by atoms with Crippen molar-refractivity contribution in [3.8, 4) is 6.07 Å². The Bertz CT molecular complexity index is 897. The van der Waals surface area contributed by atoms with E-state index in [2.05, 4.69) is 11.7 Å². The van der Waals surface area contributed by atoms with Crippen LogP contribution in [-0.4, -0.2) is 14.3 Å². The van der Waals surface area contributed by atoms with E-state index in [0.29, 0.717) is 37.2 Å². The van der Waals surface area contributed by atoms with Gasteiger partial charge in [-0.3, -0.25) is 4.57 Å². The molecule has 130 valence electrons. The predicted molar refractivity (Wildman–Crippen MR) is 88.3 cm³/mol. The number of rotatable bonds is 5. The molecular weight excluding hydrogens is 326 g/mol. The molecule has 0 aliphatic carbocycles. The number of benzene rings is 1. The molecule has 3 rings (SSSR count). The molecule has 0 spiro atoms. The van der Waals surface area contributed by atoms with Crippen LogP contribution in [0.15, 0.2) is 41.2 Å². The summed E-state index contributed by atoms with van der Waals surface area (Å²) in [4.78, 5) is 12.6. The third kappa shape index (κ3) is 3.25. The number of aryl methyl sites for hydroxylation is 2. The molecule has 0 saturated heterocycles. The minimum absolute atomic E-state index is 0.0486. The number of allylic oxidation sites excluding steroid dienone is 1. The highest BCUT2D eigenvalue weighted by Crippen LogP contribution is 2.32. The van der Waals surface area contributed by atoms with Crippen molar-refractivity contribution in [1.29, 1.82) is 5.26 Å². The zero-order chi connectivity index (χ0) is 18.2. The van der Waals surface area contributed by atoms with E-state index < -0.39 is 5.92 Å². The van der Waals surface area contributed by atoms with Gasteiger partial charge < -0.3 is 0 Å². The maximum absolute atomic E-state index is 13.4. The van der Waals surface area contributed by atoms with Gasteiger partial charge >= 0.3 is 5.69 Å². The third-order valence-electron chi connectivity index (χ3n) is 4.48. The van der Waals surface area contributed by atoms with Crippen molar-refractivity contribution in [2.24, 2.45) is 0 Å². The van der Waals surface area contributed by atoms with Gasteiger partial charge in [-0.15, -0.1) is 0 Å². The monoisotopic (exact) mass is 344 g/mol. The second-order valence-electron chi connectivity index (χ2n) is 6.32. The lowest BCUT2D eigenvalue weighted by Gasteiger charge is -2.15. The van der Waals surface area contributed by atoms with E-state index in [1.165, 1.54) is 16.8 Å². The summed E-state index contributed by atoms with van der Waals surface area (Å²) in [6.07, 6.45) is 1.74. The standard InChI is InChI=1S/C18H18F2N4O/c1-12(11-21)9-10-23-17(25)24-15(7-8-16(24)22-23)13-3-5-14(6-4-13)18(2,19)20/h3-6,15H,1,7-10H2,2H3.